The van der Waals surface area contributed by atoms with Crippen LogP contribution < -0.4 is 5.32 Å². The molecule has 0 unspecified atom stereocenters. The molecule has 0 aromatic carbocycles. The van der Waals surface area contributed by atoms with Gasteiger partial charge in [0.1, 0.15) is 0 Å². The Balaban J connectivity index is 1.92. The number of hydrogen-bond acceptors (Lipinski definition) is 2. The number of aliphatic hydroxyl groups excluding tert-OH is 1. The van der Waals surface area contributed by atoms with Crippen LogP contribution in [-0.2, 0) is 0 Å². The predicted molar refractivity (Wildman–Crippen MR) is 30.5 cm³/mol. The Labute approximate surface area is 48.9 Å². The summed E-state index contributed by atoms with van der Waals surface area (Å²) in [6.07, 6.45) is 2.11. The topological polar surface area (TPSA) is 32.3 Å². The fourth-order valence-electron chi connectivity index (χ4n) is 1.71. The number of rotatable bonds is 0. The average Bonchev–Trinajstić information content (AvgIpc) is 1.51. The van der Waals surface area contributed by atoms with Crippen molar-refractivity contribution < 1.29 is 5.11 Å². The van der Waals surface area contributed by atoms with Crippen LogP contribution in [0.3, 0.4) is 0 Å². The lowest BCUT2D eigenvalue weighted by Crippen LogP contribution is -2.61. The first-order valence-corrected chi connectivity index (χ1v) is 3.20. The maximum Gasteiger partial charge on any atom is 0.0552 e. The lowest BCUT2D eigenvalue weighted by atomic mass is 9.63. The molecule has 0 aromatic heterocycles. The van der Waals surface area contributed by atoms with Gasteiger partial charge in [-0.3, -0.25) is 0 Å². The molecule has 2 N–H and O–H groups in total. The number of nitrogens with one attached hydrogen (secondary N) is 1. The minimum Gasteiger partial charge on any atom is -0.393 e. The van der Waals surface area contributed by atoms with Crippen LogP contribution in [0.1, 0.15) is 12.8 Å². The molecule has 1 aliphatic carbocycles. The van der Waals surface area contributed by atoms with E-state index in [9.17, 15) is 0 Å². The van der Waals surface area contributed by atoms with Crippen molar-refractivity contribution in [1.82, 2.24) is 5.32 Å². The summed E-state index contributed by atoms with van der Waals surface area (Å²) in [5.74, 6) is 0. The molecule has 2 fully saturated rings. The van der Waals surface area contributed by atoms with Crippen LogP contribution in [0.4, 0.5) is 0 Å². The first-order chi connectivity index (χ1) is 3.81. The highest BCUT2D eigenvalue weighted by Gasteiger charge is 2.47. The van der Waals surface area contributed by atoms with Crippen LogP contribution in [0.5, 0.6) is 0 Å². The van der Waals surface area contributed by atoms with Crippen LogP contribution in [0, 0.1) is 5.41 Å². The van der Waals surface area contributed by atoms with Crippen LogP contribution in [-0.4, -0.2) is 24.3 Å². The van der Waals surface area contributed by atoms with E-state index in [1.54, 1.807) is 0 Å². The van der Waals surface area contributed by atoms with Gasteiger partial charge in [-0.2, -0.15) is 0 Å². The monoisotopic (exact) mass is 113 g/mol. The molecule has 0 bridgehead atoms. The van der Waals surface area contributed by atoms with Crippen molar-refractivity contribution in [1.29, 1.82) is 0 Å². The van der Waals surface area contributed by atoms with Crippen LogP contribution in [0.15, 0.2) is 0 Å². The third-order valence-electron chi connectivity index (χ3n) is 2.34. The normalized spacial score (nSPS) is 34.1. The Bertz CT molecular complexity index is 101. The maximum atomic E-state index is 8.92. The van der Waals surface area contributed by atoms with Gasteiger partial charge < -0.3 is 10.4 Å². The minimum absolute atomic E-state index is 0.0251. The molecular formula is C6H11NO. The van der Waals surface area contributed by atoms with Gasteiger partial charge in [0.15, 0.2) is 0 Å². The van der Waals surface area contributed by atoms with Crippen molar-refractivity contribution in [2.45, 2.75) is 18.9 Å². The molecule has 8 heavy (non-hydrogen) atoms. The summed E-state index contributed by atoms with van der Waals surface area (Å²) in [5.41, 5.74) is 0.555. The zero-order valence-corrected chi connectivity index (χ0v) is 4.85. The van der Waals surface area contributed by atoms with Crippen molar-refractivity contribution in [3.05, 3.63) is 0 Å². The van der Waals surface area contributed by atoms with Crippen molar-refractivity contribution >= 4 is 0 Å². The molecule has 1 spiro atoms. The summed E-state index contributed by atoms with van der Waals surface area (Å²) in [6, 6.07) is 0. The molecule has 2 nitrogen and oxygen atoms in total. The minimum atomic E-state index is 0.0251. The molecule has 0 aromatic rings. The molecule has 0 amide bonds. The third kappa shape index (κ3) is 0.446. The lowest BCUT2D eigenvalue weighted by Gasteiger charge is -2.52. The highest BCUT2D eigenvalue weighted by Crippen LogP contribution is 2.43. The quantitative estimate of drug-likeness (QED) is 0.453. The summed E-state index contributed by atoms with van der Waals surface area (Å²) >= 11 is 0. The van der Waals surface area contributed by atoms with E-state index in [1.807, 2.05) is 0 Å². The SMILES string of the molecule is OC1CC2(CNC2)C1. The molecule has 2 aliphatic rings. The molecule has 1 aliphatic heterocycles. The van der Waals surface area contributed by atoms with Crippen molar-refractivity contribution in [3.8, 4) is 0 Å². The van der Waals surface area contributed by atoms with E-state index in [4.69, 9.17) is 5.11 Å². The summed E-state index contributed by atoms with van der Waals surface area (Å²) in [4.78, 5) is 0. The molecule has 2 rings (SSSR count). The van der Waals surface area contributed by atoms with Gasteiger partial charge in [-0.05, 0) is 12.8 Å². The zero-order valence-electron chi connectivity index (χ0n) is 4.85. The van der Waals surface area contributed by atoms with Crippen LogP contribution >= 0.6 is 0 Å². The van der Waals surface area contributed by atoms with Crippen molar-refractivity contribution in [3.63, 3.8) is 0 Å². The summed E-state index contributed by atoms with van der Waals surface area (Å²) in [5, 5.41) is 12.1. The highest BCUT2D eigenvalue weighted by atomic mass is 16.3. The van der Waals surface area contributed by atoms with Gasteiger partial charge in [0.05, 0.1) is 6.10 Å². The number of hydrogen-bond donors (Lipinski definition) is 2. The van der Waals surface area contributed by atoms with E-state index in [1.165, 1.54) is 0 Å². The standard InChI is InChI=1S/C6H11NO/c8-5-1-6(2-5)3-7-4-6/h5,7-8H,1-4H2. The van der Waals surface area contributed by atoms with E-state index in [-0.39, 0.29) is 6.10 Å². The predicted octanol–water partition coefficient (Wildman–Crippen LogP) is -0.269. The fraction of sp³-hybridized carbons (Fsp3) is 1.00. The van der Waals surface area contributed by atoms with Gasteiger partial charge in [-0.1, -0.05) is 0 Å². The van der Waals surface area contributed by atoms with E-state index in [2.05, 4.69) is 5.32 Å². The second kappa shape index (κ2) is 1.25. The summed E-state index contributed by atoms with van der Waals surface area (Å²) in [7, 11) is 0. The van der Waals surface area contributed by atoms with E-state index < -0.39 is 0 Å². The fourth-order valence-corrected chi connectivity index (χ4v) is 1.71. The molecule has 2 heteroatoms. The zero-order chi connectivity index (χ0) is 5.61. The first kappa shape index (κ1) is 4.77. The molecule has 0 radical (unpaired) electrons. The average molecular weight is 113 g/mol. The molecule has 0 atom stereocenters. The lowest BCUT2D eigenvalue weighted by molar-refractivity contribution is -0.0635. The first-order valence-electron chi connectivity index (χ1n) is 3.20. The van der Waals surface area contributed by atoms with Gasteiger partial charge in [-0.25, -0.2) is 0 Å². The summed E-state index contributed by atoms with van der Waals surface area (Å²) < 4.78 is 0. The van der Waals surface area contributed by atoms with Crippen LogP contribution in [0.25, 0.3) is 0 Å². The number of aliphatic hydroxyl groups is 1. The van der Waals surface area contributed by atoms with Gasteiger partial charge in [0.2, 0.25) is 0 Å². The Kier molecular flexibility index (Phi) is 0.746. The second-order valence-electron chi connectivity index (χ2n) is 3.17. The second-order valence-corrected chi connectivity index (χ2v) is 3.17. The van der Waals surface area contributed by atoms with E-state index in [0.29, 0.717) is 5.41 Å². The van der Waals surface area contributed by atoms with Crippen molar-refractivity contribution in [2.24, 2.45) is 5.41 Å². The largest absolute Gasteiger partial charge is 0.393 e. The van der Waals surface area contributed by atoms with E-state index >= 15 is 0 Å². The Morgan fingerprint density at radius 2 is 2.00 bits per heavy atom. The Hall–Kier alpha value is -0.0800. The Morgan fingerprint density at radius 1 is 1.38 bits per heavy atom. The molecule has 46 valence electrons. The third-order valence-corrected chi connectivity index (χ3v) is 2.34. The van der Waals surface area contributed by atoms with Crippen LogP contribution in [0.2, 0.25) is 0 Å². The van der Waals surface area contributed by atoms with E-state index in [0.717, 1.165) is 25.9 Å². The van der Waals surface area contributed by atoms with Gasteiger partial charge in [-0.15, -0.1) is 0 Å². The van der Waals surface area contributed by atoms with Crippen molar-refractivity contribution in [2.75, 3.05) is 13.1 Å². The molecular weight excluding hydrogens is 102 g/mol. The maximum absolute atomic E-state index is 8.92. The summed E-state index contributed by atoms with van der Waals surface area (Å²) in [6.45, 7) is 2.29. The highest BCUT2D eigenvalue weighted by molar-refractivity contribution is 5.02. The smallest absolute Gasteiger partial charge is 0.0552 e. The van der Waals surface area contributed by atoms with Gasteiger partial charge in [0, 0.05) is 18.5 Å². The molecule has 1 saturated carbocycles. The molecule has 1 heterocycles. The molecule has 1 saturated heterocycles. The Morgan fingerprint density at radius 3 is 2.12 bits per heavy atom. The van der Waals surface area contributed by atoms with Gasteiger partial charge in [0.25, 0.3) is 0 Å². The van der Waals surface area contributed by atoms with Gasteiger partial charge >= 0.3 is 0 Å².